The van der Waals surface area contributed by atoms with Crippen LogP contribution in [0, 0.1) is 29.1 Å². The molecule has 4 aliphatic rings. The molecule has 0 unspecified atom stereocenters. The minimum atomic E-state index is -2.19. The summed E-state index contributed by atoms with van der Waals surface area (Å²) in [5, 5.41) is 20.2. The molecule has 2 N–H and O–H groups in total. The third-order valence-corrected chi connectivity index (χ3v) is 9.20. The van der Waals surface area contributed by atoms with Gasteiger partial charge in [0.05, 0.1) is 12.2 Å². The quantitative estimate of drug-likeness (QED) is 0.595. The highest BCUT2D eigenvalue weighted by Crippen LogP contribution is 2.59. The van der Waals surface area contributed by atoms with Crippen molar-refractivity contribution in [2.45, 2.75) is 83.8 Å². The zero-order chi connectivity index (χ0) is 23.0. The second-order valence-corrected chi connectivity index (χ2v) is 11.3. The molecule has 0 aromatic carbocycles. The fraction of sp³-hybridized carbons (Fsp3) is 0.778. The summed E-state index contributed by atoms with van der Waals surface area (Å²) in [4.78, 5) is 2.27. The van der Waals surface area contributed by atoms with E-state index in [1.165, 1.54) is 31.3 Å². The average Bonchev–Trinajstić information content (AvgIpc) is 3.33. The van der Waals surface area contributed by atoms with Crippen LogP contribution < -0.4 is 0 Å². The van der Waals surface area contributed by atoms with Crippen molar-refractivity contribution < 1.29 is 19.0 Å². The topological polar surface area (TPSA) is 43.7 Å². The number of rotatable bonds is 5. The number of alkyl halides is 2. The van der Waals surface area contributed by atoms with Crippen molar-refractivity contribution >= 4 is 0 Å². The molecule has 3 saturated carbocycles. The molecule has 0 amide bonds. The molecule has 5 heteroatoms. The number of hydrogen-bond donors (Lipinski definition) is 2. The molecular formula is C27H41F2NO2. The molecule has 0 aromatic rings. The van der Waals surface area contributed by atoms with Gasteiger partial charge in [-0.05, 0) is 85.8 Å². The maximum Gasteiger partial charge on any atom is 0.242 e. The third-order valence-electron chi connectivity index (χ3n) is 9.20. The molecule has 0 bridgehead atoms. The minimum absolute atomic E-state index is 0.270. The molecule has 7 atom stereocenters. The van der Waals surface area contributed by atoms with Crippen LogP contribution in [-0.2, 0) is 0 Å². The Labute approximate surface area is 192 Å². The number of aliphatic hydroxyl groups is 2. The first-order valence-electron chi connectivity index (χ1n) is 12.6. The monoisotopic (exact) mass is 449 g/mol. The first kappa shape index (κ1) is 24.1. The van der Waals surface area contributed by atoms with Crippen LogP contribution in [0.3, 0.4) is 0 Å². The SMILES string of the molecule is C=C1/C(=C\C=C2/CCC[C@]3(C)[C@@H]([C@@H](C)CN4CC[C@@H](C(F)F)C4)CC[C@@H]23)C[C@@H](O)C[C@@H]1O. The highest BCUT2D eigenvalue weighted by Gasteiger charge is 2.51. The summed E-state index contributed by atoms with van der Waals surface area (Å²) in [6.07, 6.45) is 8.56. The number of allylic oxidation sites excluding steroid dienone is 3. The summed E-state index contributed by atoms with van der Waals surface area (Å²) in [5.74, 6) is 1.27. The van der Waals surface area contributed by atoms with Crippen LogP contribution in [0.25, 0.3) is 0 Å². The molecule has 4 fully saturated rings. The van der Waals surface area contributed by atoms with Crippen LogP contribution in [0.1, 0.15) is 65.2 Å². The average molecular weight is 450 g/mol. The minimum Gasteiger partial charge on any atom is -0.393 e. The Balaban J connectivity index is 1.44. The fourth-order valence-corrected chi connectivity index (χ4v) is 7.45. The summed E-state index contributed by atoms with van der Waals surface area (Å²) < 4.78 is 26.2. The van der Waals surface area contributed by atoms with E-state index in [9.17, 15) is 19.0 Å². The smallest absolute Gasteiger partial charge is 0.242 e. The van der Waals surface area contributed by atoms with Crippen molar-refractivity contribution in [3.63, 3.8) is 0 Å². The van der Waals surface area contributed by atoms with Gasteiger partial charge < -0.3 is 15.1 Å². The van der Waals surface area contributed by atoms with Gasteiger partial charge in [0.2, 0.25) is 6.43 Å². The van der Waals surface area contributed by atoms with Crippen LogP contribution in [0.5, 0.6) is 0 Å². The molecule has 3 nitrogen and oxygen atoms in total. The van der Waals surface area contributed by atoms with Gasteiger partial charge in [-0.25, -0.2) is 8.78 Å². The summed E-state index contributed by atoms with van der Waals surface area (Å²) in [6.45, 7) is 11.1. The second-order valence-electron chi connectivity index (χ2n) is 11.3. The molecule has 32 heavy (non-hydrogen) atoms. The van der Waals surface area contributed by atoms with E-state index in [0.29, 0.717) is 43.6 Å². The third kappa shape index (κ3) is 4.76. The number of likely N-dealkylation sites (tertiary alicyclic amines) is 1. The molecule has 3 aliphatic carbocycles. The van der Waals surface area contributed by atoms with E-state index in [-0.39, 0.29) is 5.41 Å². The largest absolute Gasteiger partial charge is 0.393 e. The van der Waals surface area contributed by atoms with E-state index in [2.05, 4.69) is 37.5 Å². The lowest BCUT2D eigenvalue weighted by Crippen LogP contribution is -2.39. The van der Waals surface area contributed by atoms with E-state index >= 15 is 0 Å². The number of nitrogens with zero attached hydrogens (tertiary/aromatic N) is 1. The molecule has 0 aromatic heterocycles. The Morgan fingerprint density at radius 2 is 2.00 bits per heavy atom. The molecule has 4 rings (SSSR count). The van der Waals surface area contributed by atoms with Crippen molar-refractivity contribution in [2.75, 3.05) is 19.6 Å². The number of hydrogen-bond acceptors (Lipinski definition) is 3. The van der Waals surface area contributed by atoms with Gasteiger partial charge in [-0.15, -0.1) is 0 Å². The Bertz CT molecular complexity index is 763. The first-order chi connectivity index (χ1) is 15.2. The molecule has 180 valence electrons. The van der Waals surface area contributed by atoms with Crippen molar-refractivity contribution in [1.29, 1.82) is 0 Å². The van der Waals surface area contributed by atoms with Crippen molar-refractivity contribution in [1.82, 2.24) is 4.90 Å². The molecule has 1 aliphatic heterocycles. The van der Waals surface area contributed by atoms with E-state index < -0.39 is 24.6 Å². The van der Waals surface area contributed by atoms with Crippen molar-refractivity contribution in [3.8, 4) is 0 Å². The van der Waals surface area contributed by atoms with E-state index in [4.69, 9.17) is 0 Å². The lowest BCUT2D eigenvalue weighted by Gasteiger charge is -2.45. The zero-order valence-electron chi connectivity index (χ0n) is 19.8. The van der Waals surface area contributed by atoms with Gasteiger partial charge in [0.15, 0.2) is 0 Å². The van der Waals surface area contributed by atoms with Crippen LogP contribution in [-0.4, -0.2) is 53.4 Å². The van der Waals surface area contributed by atoms with Gasteiger partial charge in [-0.3, -0.25) is 0 Å². The molecule has 0 radical (unpaired) electrons. The highest BCUT2D eigenvalue weighted by atomic mass is 19.3. The van der Waals surface area contributed by atoms with Gasteiger partial charge in [0.1, 0.15) is 0 Å². The summed E-state index contributed by atoms with van der Waals surface area (Å²) in [5.41, 5.74) is 3.49. The van der Waals surface area contributed by atoms with Gasteiger partial charge in [0, 0.05) is 25.4 Å². The van der Waals surface area contributed by atoms with E-state index in [1.807, 2.05) is 0 Å². The molecule has 0 spiro atoms. The molecule has 1 heterocycles. The zero-order valence-corrected chi connectivity index (χ0v) is 19.8. The molecular weight excluding hydrogens is 408 g/mol. The predicted octanol–water partition coefficient (Wildman–Crippen LogP) is 5.35. The standard InChI is InChI=1S/C27H41F2NO2/c1-17(15-30-12-10-21(16-30)26(28)29)23-8-9-24-19(5-4-11-27(23,24)3)6-7-20-13-22(31)14-25(32)18(20)2/h6-7,17,21-26,31-32H,2,4-5,8-16H2,1,3H3/b19-6+,20-7-/t17-,21+,22+,23+,24-,25-,27+/m0/s1. The summed E-state index contributed by atoms with van der Waals surface area (Å²) in [6, 6.07) is 0. The Morgan fingerprint density at radius 3 is 2.72 bits per heavy atom. The normalized spacial score (nSPS) is 42.2. The van der Waals surface area contributed by atoms with Gasteiger partial charge in [-0.1, -0.05) is 38.2 Å². The van der Waals surface area contributed by atoms with Crippen molar-refractivity contribution in [2.24, 2.45) is 29.1 Å². The fourth-order valence-electron chi connectivity index (χ4n) is 7.45. The van der Waals surface area contributed by atoms with Crippen LogP contribution >= 0.6 is 0 Å². The van der Waals surface area contributed by atoms with Crippen LogP contribution in [0.4, 0.5) is 8.78 Å². The van der Waals surface area contributed by atoms with Crippen molar-refractivity contribution in [3.05, 3.63) is 35.5 Å². The second kappa shape index (κ2) is 9.68. The molecule has 1 saturated heterocycles. The highest BCUT2D eigenvalue weighted by molar-refractivity contribution is 5.38. The van der Waals surface area contributed by atoms with Gasteiger partial charge in [0.25, 0.3) is 0 Å². The van der Waals surface area contributed by atoms with Crippen LogP contribution in [0.2, 0.25) is 0 Å². The number of aliphatic hydroxyl groups excluding tert-OH is 2. The lowest BCUT2D eigenvalue weighted by molar-refractivity contribution is 0.0672. The maximum absolute atomic E-state index is 13.1. The summed E-state index contributed by atoms with van der Waals surface area (Å²) >= 11 is 0. The van der Waals surface area contributed by atoms with E-state index in [1.54, 1.807) is 0 Å². The van der Waals surface area contributed by atoms with E-state index in [0.717, 1.165) is 30.7 Å². The lowest BCUT2D eigenvalue weighted by atomic mass is 9.61. The van der Waals surface area contributed by atoms with Gasteiger partial charge >= 0.3 is 0 Å². The van der Waals surface area contributed by atoms with Crippen LogP contribution in [0.15, 0.2) is 35.5 Å². The Morgan fingerprint density at radius 1 is 1.22 bits per heavy atom. The first-order valence-corrected chi connectivity index (χ1v) is 12.6. The summed E-state index contributed by atoms with van der Waals surface area (Å²) in [7, 11) is 0. The van der Waals surface area contributed by atoms with Gasteiger partial charge in [-0.2, -0.15) is 0 Å². The number of halogens is 2. The number of fused-ring (bicyclic) bond motifs is 1. The Hall–Kier alpha value is -1.04. The predicted molar refractivity (Wildman–Crippen MR) is 124 cm³/mol. The Kier molecular flexibility index (Phi) is 7.29. The maximum atomic E-state index is 13.1.